The first kappa shape index (κ1) is 58.7. The molecular weight excluding hydrogens is 1040 g/mol. The number of amides is 1. The van der Waals surface area contributed by atoms with E-state index in [9.17, 15) is 28.6 Å². The summed E-state index contributed by atoms with van der Waals surface area (Å²) in [6.07, 6.45) is 14.9. The summed E-state index contributed by atoms with van der Waals surface area (Å²) in [5.74, 6) is -9.34. The standard InChI is InChI=1S/C30H37ClF2N2O3.C16H23ClN2O2.C14H16F2O2/c31-25-18-23(9-12-27(25)38-24-10-11-24)28(36)26(19-35-15-3-4-16-35)34-29(37)30(32,33)14-13-20-7-8-21-5-1-2-6-22(21)17-20;17-13-9-11(3-6-15(13)21-12-4-5-12)16(20)14(18)10-19-7-1-2-8-19;15-14(16,13(17)18)8-7-10-5-6-11-3-1-2-4-12(11)9-10/h7-9,12,17-18,24,26,28,36H,1-6,10-11,13-16,19H2,(H,34,37);3,6,9,12,14,16,20H,1-2,4-5,7-8,10,18H2;5-6,9H,1-4,7-8H2,(H,17,18)/t26-,28-;14-,16-;/m11./s1. The van der Waals surface area contributed by atoms with Gasteiger partial charge < -0.3 is 45.6 Å². The molecule has 10 rings (SSSR count). The number of aryl methyl sites for hydroxylation is 6. The number of alkyl halides is 4. The van der Waals surface area contributed by atoms with Crippen LogP contribution in [0, 0.1) is 0 Å². The smallest absolute Gasteiger partial charge is 0.374 e. The van der Waals surface area contributed by atoms with E-state index in [0.29, 0.717) is 33.2 Å². The second-order valence-corrected chi connectivity index (χ2v) is 22.8. The number of aliphatic carboxylic acids is 1. The quantitative estimate of drug-likeness (QED) is 0.0509. The molecule has 0 unspecified atom stereocenters. The number of fused-ring (bicyclic) bond motifs is 2. The van der Waals surface area contributed by atoms with Crippen LogP contribution < -0.4 is 20.5 Å². The third kappa shape index (κ3) is 17.3. The number of likely N-dealkylation sites (tertiary alicyclic amines) is 2. The van der Waals surface area contributed by atoms with Crippen molar-refractivity contribution in [3.8, 4) is 11.5 Å². The number of carboxylic acid groups (broad SMARTS) is 1. The zero-order valence-electron chi connectivity index (χ0n) is 44.0. The van der Waals surface area contributed by atoms with E-state index in [0.717, 1.165) is 126 Å². The van der Waals surface area contributed by atoms with Crippen molar-refractivity contribution in [3.63, 3.8) is 0 Å². The van der Waals surface area contributed by atoms with Crippen LogP contribution in [0.1, 0.15) is 147 Å². The minimum Gasteiger partial charge on any atom is -0.489 e. The summed E-state index contributed by atoms with van der Waals surface area (Å²) in [7, 11) is 0. The number of carbonyl (C=O) groups excluding carboxylic acids is 1. The van der Waals surface area contributed by atoms with Gasteiger partial charge in [0.15, 0.2) is 0 Å². The third-order valence-electron chi connectivity index (χ3n) is 15.6. The lowest BCUT2D eigenvalue weighted by atomic mass is 9.89. The molecule has 0 radical (unpaired) electrons. The molecule has 0 aromatic heterocycles. The number of aliphatic hydroxyl groups is 2. The number of ether oxygens (including phenoxy) is 2. The van der Waals surface area contributed by atoms with Gasteiger partial charge in [-0.05, 0) is 211 Å². The summed E-state index contributed by atoms with van der Waals surface area (Å²) in [4.78, 5) is 27.6. The lowest BCUT2D eigenvalue weighted by Gasteiger charge is -2.30. The van der Waals surface area contributed by atoms with Gasteiger partial charge in [0.25, 0.3) is 5.91 Å². The van der Waals surface area contributed by atoms with E-state index in [1.54, 1.807) is 24.3 Å². The molecule has 4 aliphatic carbocycles. The maximum Gasteiger partial charge on any atom is 0.374 e. The Bertz CT molecular complexity index is 2610. The average molecular weight is 1110 g/mol. The lowest BCUT2D eigenvalue weighted by molar-refractivity contribution is -0.165. The zero-order valence-corrected chi connectivity index (χ0v) is 45.5. The molecule has 4 fully saturated rings. The van der Waals surface area contributed by atoms with Crippen molar-refractivity contribution in [2.45, 2.75) is 177 Å². The van der Waals surface area contributed by atoms with E-state index in [2.05, 4.69) is 15.1 Å². The molecule has 4 aromatic carbocycles. The highest BCUT2D eigenvalue weighted by Crippen LogP contribution is 2.37. The first-order valence-corrected chi connectivity index (χ1v) is 28.7. The molecule has 0 spiro atoms. The van der Waals surface area contributed by atoms with Gasteiger partial charge in [-0.2, -0.15) is 17.6 Å². The fourth-order valence-electron chi connectivity index (χ4n) is 10.6. The minimum atomic E-state index is -3.63. The van der Waals surface area contributed by atoms with Crippen LogP contribution in [0.15, 0.2) is 72.8 Å². The van der Waals surface area contributed by atoms with Crippen LogP contribution in [0.4, 0.5) is 17.6 Å². The van der Waals surface area contributed by atoms with Crippen LogP contribution in [-0.2, 0) is 48.1 Å². The molecule has 420 valence electrons. The normalized spacial score (nSPS) is 19.3. The van der Waals surface area contributed by atoms with Crippen molar-refractivity contribution in [2.24, 2.45) is 5.73 Å². The van der Waals surface area contributed by atoms with Crippen LogP contribution in [0.5, 0.6) is 11.5 Å². The van der Waals surface area contributed by atoms with Crippen LogP contribution in [0.25, 0.3) is 0 Å². The highest BCUT2D eigenvalue weighted by atomic mass is 35.5. The molecule has 17 heteroatoms. The fourth-order valence-corrected chi connectivity index (χ4v) is 11.1. The second kappa shape index (κ2) is 27.1. The molecular formula is C60H76Cl2F4N4O7. The molecule has 2 saturated heterocycles. The van der Waals surface area contributed by atoms with Crippen molar-refractivity contribution in [1.29, 1.82) is 0 Å². The van der Waals surface area contributed by atoms with Crippen LogP contribution in [0.3, 0.4) is 0 Å². The maximum absolute atomic E-state index is 15.1. The number of halogens is 6. The van der Waals surface area contributed by atoms with Gasteiger partial charge in [-0.15, -0.1) is 0 Å². The molecule has 4 aromatic rings. The summed E-state index contributed by atoms with van der Waals surface area (Å²) in [5.41, 5.74) is 14.1. The molecule has 2 aliphatic heterocycles. The van der Waals surface area contributed by atoms with Gasteiger partial charge in [0, 0.05) is 32.0 Å². The summed E-state index contributed by atoms with van der Waals surface area (Å²) in [6, 6.07) is 21.0. The summed E-state index contributed by atoms with van der Waals surface area (Å²) >= 11 is 12.6. The number of nitrogens with zero attached hydrogens (tertiary/aromatic N) is 2. The van der Waals surface area contributed by atoms with Crippen molar-refractivity contribution in [1.82, 2.24) is 15.1 Å². The van der Waals surface area contributed by atoms with Gasteiger partial charge in [0.05, 0.1) is 34.4 Å². The number of hydrogen-bond donors (Lipinski definition) is 5. The minimum absolute atomic E-state index is 0.104. The summed E-state index contributed by atoms with van der Waals surface area (Å²) in [5, 5.41) is 33.4. The summed E-state index contributed by atoms with van der Waals surface area (Å²) < 4.78 is 67.6. The maximum atomic E-state index is 15.1. The molecule has 6 aliphatic rings. The highest BCUT2D eigenvalue weighted by Gasteiger charge is 2.41. The van der Waals surface area contributed by atoms with Gasteiger partial charge in [-0.3, -0.25) is 4.79 Å². The van der Waals surface area contributed by atoms with Gasteiger partial charge in [0.2, 0.25) is 0 Å². The average Bonchev–Trinajstić information content (AvgIpc) is 4.32. The Morgan fingerprint density at radius 2 is 1.03 bits per heavy atom. The molecule has 4 atom stereocenters. The SMILES string of the molecule is N[C@H](CN1CCCC1)[C@H](O)c1ccc(OC2CC2)c(Cl)c1.O=C(N[C@H](CN1CCCC1)[C@H](O)c1ccc(OC2CC2)c(Cl)c1)C(F)(F)CCc1ccc2c(c1)CCCC2.O=C(O)C(F)(F)CCc1ccc2c(c1)CCCC2. The Hall–Kier alpha value is -4.48. The molecule has 6 N–H and O–H groups in total. The predicted molar refractivity (Wildman–Crippen MR) is 292 cm³/mol. The van der Waals surface area contributed by atoms with Crippen molar-refractivity contribution in [3.05, 3.63) is 127 Å². The number of hydrogen-bond acceptors (Lipinski definition) is 9. The number of nitrogens with two attached hydrogens (primary N) is 1. The van der Waals surface area contributed by atoms with Crippen LogP contribution in [-0.4, -0.2) is 112 Å². The zero-order chi connectivity index (χ0) is 54.7. The number of aliphatic hydroxyl groups excluding tert-OH is 2. The third-order valence-corrected chi connectivity index (χ3v) is 16.2. The highest BCUT2D eigenvalue weighted by molar-refractivity contribution is 6.32. The molecule has 0 bridgehead atoms. The number of benzene rings is 4. The van der Waals surface area contributed by atoms with Crippen molar-refractivity contribution >= 4 is 35.1 Å². The number of carbonyl (C=O) groups is 2. The number of rotatable bonds is 21. The second-order valence-electron chi connectivity index (χ2n) is 22.0. The Labute approximate surface area is 460 Å². The Balaban J connectivity index is 0.000000169. The largest absolute Gasteiger partial charge is 0.489 e. The lowest BCUT2D eigenvalue weighted by Crippen LogP contribution is -2.51. The van der Waals surface area contributed by atoms with Gasteiger partial charge >= 0.3 is 17.8 Å². The predicted octanol–water partition coefficient (Wildman–Crippen LogP) is 11.2. The van der Waals surface area contributed by atoms with E-state index in [4.69, 9.17) is 43.5 Å². The fraction of sp³-hybridized carbons (Fsp3) is 0.567. The number of carboxylic acids is 1. The van der Waals surface area contributed by atoms with E-state index in [-0.39, 0.29) is 31.5 Å². The monoisotopic (exact) mass is 1110 g/mol. The Morgan fingerprint density at radius 1 is 0.597 bits per heavy atom. The molecule has 2 saturated carbocycles. The summed E-state index contributed by atoms with van der Waals surface area (Å²) in [6.45, 7) is 4.78. The molecule has 11 nitrogen and oxygen atoms in total. The van der Waals surface area contributed by atoms with Crippen molar-refractivity contribution < 1.29 is 51.9 Å². The van der Waals surface area contributed by atoms with E-state index >= 15 is 8.78 Å². The molecule has 77 heavy (non-hydrogen) atoms. The molecule has 2 heterocycles. The van der Waals surface area contributed by atoms with Crippen LogP contribution in [0.2, 0.25) is 10.0 Å². The number of nitrogens with one attached hydrogen (secondary N) is 1. The van der Waals surface area contributed by atoms with E-state index in [1.165, 1.54) is 47.9 Å². The van der Waals surface area contributed by atoms with E-state index in [1.807, 2.05) is 48.5 Å². The van der Waals surface area contributed by atoms with Gasteiger partial charge in [-0.1, -0.05) is 71.7 Å². The molecule has 1 amide bonds. The van der Waals surface area contributed by atoms with Crippen LogP contribution >= 0.6 is 23.2 Å². The van der Waals surface area contributed by atoms with E-state index < -0.39 is 54.8 Å². The van der Waals surface area contributed by atoms with Gasteiger partial charge in [0.1, 0.15) is 17.6 Å². The topological polar surface area (TPSA) is 158 Å². The van der Waals surface area contributed by atoms with Gasteiger partial charge in [-0.25, -0.2) is 4.79 Å². The first-order chi connectivity index (χ1) is 36.9. The first-order valence-electron chi connectivity index (χ1n) is 27.9. The van der Waals surface area contributed by atoms with Crippen molar-refractivity contribution in [2.75, 3.05) is 39.3 Å². The Kier molecular flexibility index (Phi) is 20.7. The Morgan fingerprint density at radius 3 is 1.47 bits per heavy atom.